The number of hydrogen-bond donors (Lipinski definition) is 0. The molecule has 1 heterocycles. The summed E-state index contributed by atoms with van der Waals surface area (Å²) < 4.78 is 7.99. The zero-order valence-corrected chi connectivity index (χ0v) is 13.8. The molecule has 0 saturated heterocycles. The van der Waals surface area contributed by atoms with Gasteiger partial charge in [0.15, 0.2) is 0 Å². The minimum atomic E-state index is -0.0888. The molecule has 2 aromatic carbocycles. The topological polar surface area (TPSA) is 44.1 Å². The third-order valence-corrected chi connectivity index (χ3v) is 4.02. The fraction of sp³-hybridized carbons (Fsp3) is 0.125. The van der Waals surface area contributed by atoms with Crippen molar-refractivity contribution in [3.05, 3.63) is 68.6 Å². The number of para-hydroxylation sites is 1. The van der Waals surface area contributed by atoms with E-state index in [2.05, 4.69) is 20.9 Å². The lowest BCUT2D eigenvalue weighted by molar-refractivity contribution is 0.296. The van der Waals surface area contributed by atoms with Crippen molar-refractivity contribution < 1.29 is 4.74 Å². The van der Waals surface area contributed by atoms with Crippen LogP contribution in [0.2, 0.25) is 5.02 Å². The summed E-state index contributed by atoms with van der Waals surface area (Å²) >= 11 is 9.39. The lowest BCUT2D eigenvalue weighted by atomic mass is 10.2. The van der Waals surface area contributed by atoms with E-state index in [1.165, 1.54) is 10.9 Å². The number of nitrogens with zero attached hydrogens (tertiary/aromatic N) is 2. The summed E-state index contributed by atoms with van der Waals surface area (Å²) in [6.45, 7) is 0.740. The summed E-state index contributed by atoms with van der Waals surface area (Å²) in [4.78, 5) is 16.7. The van der Waals surface area contributed by atoms with Crippen molar-refractivity contribution in [1.82, 2.24) is 9.55 Å². The molecule has 0 saturated carbocycles. The number of aromatic nitrogens is 2. The zero-order valence-electron chi connectivity index (χ0n) is 11.5. The minimum Gasteiger partial charge on any atom is -0.490 e. The normalized spacial score (nSPS) is 10.8. The van der Waals surface area contributed by atoms with Crippen LogP contribution in [0.4, 0.5) is 0 Å². The monoisotopic (exact) mass is 378 g/mol. The van der Waals surface area contributed by atoms with Crippen LogP contribution in [0.5, 0.6) is 5.75 Å². The molecule has 0 fully saturated rings. The highest BCUT2D eigenvalue weighted by atomic mass is 79.9. The van der Waals surface area contributed by atoms with Gasteiger partial charge in [-0.3, -0.25) is 9.36 Å². The molecule has 0 radical (unpaired) electrons. The van der Waals surface area contributed by atoms with Gasteiger partial charge in [-0.05, 0) is 30.3 Å². The average molecular weight is 380 g/mol. The van der Waals surface area contributed by atoms with Crippen molar-refractivity contribution in [3.63, 3.8) is 0 Å². The highest BCUT2D eigenvalue weighted by Gasteiger charge is 2.05. The molecular formula is C16H12BrClN2O2. The van der Waals surface area contributed by atoms with Gasteiger partial charge in [-0.25, -0.2) is 4.98 Å². The van der Waals surface area contributed by atoms with Crippen LogP contribution in [0.3, 0.4) is 0 Å². The predicted molar refractivity (Wildman–Crippen MR) is 90.7 cm³/mol. The van der Waals surface area contributed by atoms with Crippen LogP contribution < -0.4 is 10.3 Å². The van der Waals surface area contributed by atoms with Crippen molar-refractivity contribution in [1.29, 1.82) is 0 Å². The van der Waals surface area contributed by atoms with E-state index in [0.29, 0.717) is 34.8 Å². The Morgan fingerprint density at radius 1 is 1.23 bits per heavy atom. The maximum atomic E-state index is 12.4. The van der Waals surface area contributed by atoms with E-state index in [-0.39, 0.29) is 5.56 Å². The van der Waals surface area contributed by atoms with E-state index < -0.39 is 0 Å². The minimum absolute atomic E-state index is 0.0888. The Balaban J connectivity index is 1.78. The Kier molecular flexibility index (Phi) is 4.45. The molecule has 3 rings (SSSR count). The molecule has 3 aromatic rings. The molecule has 0 aliphatic rings. The number of rotatable bonds is 4. The molecule has 0 amide bonds. The first-order valence-electron chi connectivity index (χ1n) is 6.67. The quantitative estimate of drug-likeness (QED) is 0.691. The SMILES string of the molecule is O=c1c2cc(Br)ccc2ncn1CCOc1ccccc1Cl. The van der Waals surface area contributed by atoms with Crippen LogP contribution >= 0.6 is 27.5 Å². The van der Waals surface area contributed by atoms with Crippen LogP contribution in [-0.2, 0) is 6.54 Å². The molecule has 1 aromatic heterocycles. The van der Waals surface area contributed by atoms with E-state index in [1.807, 2.05) is 24.3 Å². The third kappa shape index (κ3) is 3.15. The molecule has 4 nitrogen and oxygen atoms in total. The Labute approximate surface area is 140 Å². The highest BCUT2D eigenvalue weighted by Crippen LogP contribution is 2.22. The number of halogens is 2. The zero-order chi connectivity index (χ0) is 15.5. The lowest BCUT2D eigenvalue weighted by Crippen LogP contribution is -2.23. The van der Waals surface area contributed by atoms with Crippen molar-refractivity contribution >= 4 is 38.4 Å². The number of fused-ring (bicyclic) bond motifs is 1. The van der Waals surface area contributed by atoms with E-state index >= 15 is 0 Å². The first-order valence-corrected chi connectivity index (χ1v) is 7.84. The van der Waals surface area contributed by atoms with E-state index in [4.69, 9.17) is 16.3 Å². The van der Waals surface area contributed by atoms with E-state index in [1.54, 1.807) is 18.2 Å². The van der Waals surface area contributed by atoms with Gasteiger partial charge >= 0.3 is 0 Å². The first kappa shape index (κ1) is 15.1. The van der Waals surface area contributed by atoms with Crippen LogP contribution in [0.25, 0.3) is 10.9 Å². The summed E-state index contributed by atoms with van der Waals surface area (Å²) in [6.07, 6.45) is 1.54. The maximum absolute atomic E-state index is 12.4. The molecule has 22 heavy (non-hydrogen) atoms. The van der Waals surface area contributed by atoms with Crippen molar-refractivity contribution in [2.45, 2.75) is 6.54 Å². The molecule has 0 spiro atoms. The Morgan fingerprint density at radius 3 is 2.86 bits per heavy atom. The lowest BCUT2D eigenvalue weighted by Gasteiger charge is -2.09. The Morgan fingerprint density at radius 2 is 2.05 bits per heavy atom. The molecular weight excluding hydrogens is 368 g/mol. The smallest absolute Gasteiger partial charge is 0.261 e. The van der Waals surface area contributed by atoms with Gasteiger partial charge in [0.05, 0.1) is 28.8 Å². The van der Waals surface area contributed by atoms with Gasteiger partial charge in [-0.2, -0.15) is 0 Å². The second kappa shape index (κ2) is 6.50. The molecule has 0 N–H and O–H groups in total. The molecule has 0 aliphatic carbocycles. The fourth-order valence-electron chi connectivity index (χ4n) is 2.11. The summed E-state index contributed by atoms with van der Waals surface area (Å²) in [5.41, 5.74) is 0.588. The van der Waals surface area contributed by atoms with Crippen molar-refractivity contribution in [3.8, 4) is 5.75 Å². The Hall–Kier alpha value is -1.85. The van der Waals surface area contributed by atoms with Gasteiger partial charge in [-0.15, -0.1) is 0 Å². The second-order valence-electron chi connectivity index (χ2n) is 4.68. The van der Waals surface area contributed by atoms with Crippen molar-refractivity contribution in [2.24, 2.45) is 0 Å². The fourth-order valence-corrected chi connectivity index (χ4v) is 2.66. The molecule has 0 aliphatic heterocycles. The highest BCUT2D eigenvalue weighted by molar-refractivity contribution is 9.10. The standard InChI is InChI=1S/C16H12BrClN2O2/c17-11-5-6-14-12(9-11)16(21)20(10-19-14)7-8-22-15-4-2-1-3-13(15)18/h1-6,9-10H,7-8H2. The van der Waals surface area contributed by atoms with Gasteiger partial charge in [0.1, 0.15) is 12.4 Å². The summed E-state index contributed by atoms with van der Waals surface area (Å²) in [6, 6.07) is 12.7. The van der Waals surface area contributed by atoms with Crippen LogP contribution in [0, 0.1) is 0 Å². The summed E-state index contributed by atoms with van der Waals surface area (Å²) in [5.74, 6) is 0.605. The largest absolute Gasteiger partial charge is 0.490 e. The van der Waals surface area contributed by atoms with E-state index in [9.17, 15) is 4.79 Å². The summed E-state index contributed by atoms with van der Waals surface area (Å²) in [5, 5.41) is 1.13. The molecule has 0 bridgehead atoms. The van der Waals surface area contributed by atoms with Gasteiger partial charge in [0.25, 0.3) is 5.56 Å². The van der Waals surface area contributed by atoms with Crippen LogP contribution in [0.1, 0.15) is 0 Å². The average Bonchev–Trinajstić information content (AvgIpc) is 2.52. The van der Waals surface area contributed by atoms with Crippen LogP contribution in [-0.4, -0.2) is 16.2 Å². The molecule has 6 heteroatoms. The van der Waals surface area contributed by atoms with Crippen molar-refractivity contribution in [2.75, 3.05) is 6.61 Å². The van der Waals surface area contributed by atoms with Gasteiger partial charge in [-0.1, -0.05) is 39.7 Å². The third-order valence-electron chi connectivity index (χ3n) is 3.21. The number of ether oxygens (including phenoxy) is 1. The maximum Gasteiger partial charge on any atom is 0.261 e. The second-order valence-corrected chi connectivity index (χ2v) is 6.01. The number of hydrogen-bond acceptors (Lipinski definition) is 3. The number of benzene rings is 2. The van der Waals surface area contributed by atoms with Crippen LogP contribution in [0.15, 0.2) is 58.1 Å². The van der Waals surface area contributed by atoms with Gasteiger partial charge in [0.2, 0.25) is 0 Å². The molecule has 0 unspecified atom stereocenters. The van der Waals surface area contributed by atoms with E-state index in [0.717, 1.165) is 4.47 Å². The predicted octanol–water partition coefficient (Wildman–Crippen LogP) is 3.89. The van der Waals surface area contributed by atoms with Gasteiger partial charge in [0, 0.05) is 4.47 Å². The van der Waals surface area contributed by atoms with Gasteiger partial charge < -0.3 is 4.74 Å². The molecule has 112 valence electrons. The summed E-state index contributed by atoms with van der Waals surface area (Å²) in [7, 11) is 0. The Bertz CT molecular complexity index is 879. The first-order chi connectivity index (χ1) is 10.6. The molecule has 0 atom stereocenters.